The molecule has 0 bridgehead atoms. The van der Waals surface area contributed by atoms with Gasteiger partial charge in [-0.05, 0) is 23.8 Å². The minimum atomic E-state index is 0.294. The lowest BCUT2D eigenvalue weighted by atomic mass is 10.1. The maximum Gasteiger partial charge on any atom is 0.170 e. The first-order chi connectivity index (χ1) is 14.2. The molecule has 0 unspecified atom stereocenters. The van der Waals surface area contributed by atoms with Crippen molar-refractivity contribution in [1.82, 2.24) is 24.3 Å². The normalized spacial score (nSPS) is 12.0. The largest absolute Gasteiger partial charge is 0.369 e. The lowest BCUT2D eigenvalue weighted by Crippen LogP contribution is -2.10. The van der Waals surface area contributed by atoms with Crippen molar-refractivity contribution in [3.05, 3.63) is 82.7 Å². The molecule has 8 heteroatoms. The van der Waals surface area contributed by atoms with E-state index in [1.54, 1.807) is 12.4 Å². The maximum absolute atomic E-state index is 11.5. The van der Waals surface area contributed by atoms with Crippen molar-refractivity contribution in [2.45, 2.75) is 19.8 Å². The summed E-state index contributed by atoms with van der Waals surface area (Å²) in [6.45, 7) is 1.18. The highest BCUT2D eigenvalue weighted by Gasteiger charge is 2.26. The van der Waals surface area contributed by atoms with Gasteiger partial charge >= 0.3 is 0 Å². The van der Waals surface area contributed by atoms with Crippen LogP contribution in [0.5, 0.6) is 0 Å². The van der Waals surface area contributed by atoms with Crippen molar-refractivity contribution < 1.29 is 9.53 Å². The molecular formula is C21H16ClN5O2. The standard InChI is InChI=1S/C21H16ClN5O2/c22-15-6-7-18-16(8-15)21-25-24-20(12-29-11-14-4-2-1-3-5-14)26(21)9-19-17(10-28)23-13-27(18)19/h1-8,10,13H,9,11-12H2. The van der Waals surface area contributed by atoms with E-state index in [2.05, 4.69) is 15.2 Å². The summed E-state index contributed by atoms with van der Waals surface area (Å²) in [6, 6.07) is 15.5. The van der Waals surface area contributed by atoms with Crippen molar-refractivity contribution in [2.24, 2.45) is 0 Å². The molecule has 0 N–H and O–H groups in total. The molecule has 29 heavy (non-hydrogen) atoms. The predicted molar refractivity (Wildman–Crippen MR) is 107 cm³/mol. The Morgan fingerprint density at radius 2 is 1.97 bits per heavy atom. The predicted octanol–water partition coefficient (Wildman–Crippen LogP) is 3.68. The number of hydrogen-bond donors (Lipinski definition) is 0. The Bertz CT molecular complexity index is 1200. The summed E-state index contributed by atoms with van der Waals surface area (Å²) in [7, 11) is 0. The van der Waals surface area contributed by atoms with Crippen LogP contribution in [0.1, 0.15) is 27.6 Å². The van der Waals surface area contributed by atoms with Gasteiger partial charge in [-0.1, -0.05) is 41.9 Å². The van der Waals surface area contributed by atoms with Crippen molar-refractivity contribution in [3.8, 4) is 17.1 Å². The van der Waals surface area contributed by atoms with Crippen LogP contribution in [0.25, 0.3) is 17.1 Å². The maximum atomic E-state index is 11.5. The van der Waals surface area contributed by atoms with Gasteiger partial charge in [0.15, 0.2) is 17.9 Å². The smallest absolute Gasteiger partial charge is 0.170 e. The number of hydrogen-bond acceptors (Lipinski definition) is 5. The van der Waals surface area contributed by atoms with Crippen LogP contribution in [-0.4, -0.2) is 30.6 Å². The molecule has 144 valence electrons. The molecule has 1 aliphatic heterocycles. The highest BCUT2D eigenvalue weighted by molar-refractivity contribution is 6.31. The van der Waals surface area contributed by atoms with Gasteiger partial charge in [0.05, 0.1) is 24.5 Å². The van der Waals surface area contributed by atoms with Gasteiger partial charge in [-0.15, -0.1) is 10.2 Å². The molecule has 0 radical (unpaired) electrons. The molecule has 7 nitrogen and oxygen atoms in total. The van der Waals surface area contributed by atoms with Crippen LogP contribution in [0.15, 0.2) is 54.9 Å². The van der Waals surface area contributed by atoms with Crippen molar-refractivity contribution in [1.29, 1.82) is 0 Å². The van der Waals surface area contributed by atoms with Gasteiger partial charge in [-0.25, -0.2) is 4.98 Å². The van der Waals surface area contributed by atoms with E-state index in [0.29, 0.717) is 42.1 Å². The number of fused-ring (bicyclic) bond motifs is 5. The molecule has 1 aliphatic rings. The van der Waals surface area contributed by atoms with E-state index >= 15 is 0 Å². The van der Waals surface area contributed by atoms with E-state index in [0.717, 1.165) is 28.8 Å². The van der Waals surface area contributed by atoms with Crippen LogP contribution in [0.3, 0.4) is 0 Å². The Morgan fingerprint density at radius 3 is 2.79 bits per heavy atom. The molecule has 2 aromatic heterocycles. The molecule has 0 saturated carbocycles. The number of rotatable bonds is 5. The highest BCUT2D eigenvalue weighted by atomic mass is 35.5. The zero-order valence-corrected chi connectivity index (χ0v) is 16.1. The summed E-state index contributed by atoms with van der Waals surface area (Å²) in [5.74, 6) is 1.36. The van der Waals surface area contributed by atoms with E-state index < -0.39 is 0 Å². The summed E-state index contributed by atoms with van der Waals surface area (Å²) in [4.78, 5) is 15.8. The lowest BCUT2D eigenvalue weighted by molar-refractivity contribution is 0.0993. The van der Waals surface area contributed by atoms with Gasteiger partial charge in [0, 0.05) is 10.6 Å². The first-order valence-corrected chi connectivity index (χ1v) is 9.48. The number of aldehydes is 1. The lowest BCUT2D eigenvalue weighted by Gasteiger charge is -2.09. The van der Waals surface area contributed by atoms with Crippen LogP contribution in [0.2, 0.25) is 5.02 Å². The Kier molecular flexibility index (Phi) is 4.46. The molecule has 0 fully saturated rings. The number of nitrogens with zero attached hydrogens (tertiary/aromatic N) is 5. The minimum absolute atomic E-state index is 0.294. The molecule has 0 spiro atoms. The molecule has 3 heterocycles. The molecule has 2 aromatic carbocycles. The third kappa shape index (κ3) is 3.14. The van der Waals surface area contributed by atoms with Gasteiger partial charge in [-0.3, -0.25) is 9.36 Å². The van der Waals surface area contributed by atoms with E-state index in [4.69, 9.17) is 16.3 Å². The Hall–Kier alpha value is -3.29. The van der Waals surface area contributed by atoms with Crippen LogP contribution in [-0.2, 0) is 24.5 Å². The van der Waals surface area contributed by atoms with Crippen LogP contribution in [0.4, 0.5) is 0 Å². The summed E-state index contributed by atoms with van der Waals surface area (Å²) in [5, 5.41) is 9.33. The van der Waals surface area contributed by atoms with Gasteiger partial charge in [0.25, 0.3) is 0 Å². The van der Waals surface area contributed by atoms with Crippen molar-refractivity contribution >= 4 is 17.9 Å². The van der Waals surface area contributed by atoms with Crippen LogP contribution in [0, 0.1) is 0 Å². The first kappa shape index (κ1) is 17.8. The van der Waals surface area contributed by atoms with Gasteiger partial charge in [0.1, 0.15) is 18.6 Å². The second-order valence-electron chi connectivity index (χ2n) is 6.73. The third-order valence-electron chi connectivity index (χ3n) is 4.95. The Morgan fingerprint density at radius 1 is 1.10 bits per heavy atom. The molecule has 4 aromatic rings. The molecular weight excluding hydrogens is 390 g/mol. The SMILES string of the molecule is O=Cc1ncn2c1Cn1c(COCc3ccccc3)nnc1-c1cc(Cl)ccc1-2. The average Bonchev–Trinajstić information content (AvgIpc) is 3.30. The molecule has 0 amide bonds. The first-order valence-electron chi connectivity index (χ1n) is 9.10. The Labute approximate surface area is 171 Å². The zero-order valence-electron chi connectivity index (χ0n) is 15.3. The number of imidazole rings is 1. The summed E-state index contributed by atoms with van der Waals surface area (Å²) >= 11 is 6.25. The molecule has 0 aliphatic carbocycles. The number of benzene rings is 2. The number of carbonyl (C=O) groups is 1. The van der Waals surface area contributed by atoms with E-state index in [1.165, 1.54) is 0 Å². The fourth-order valence-corrected chi connectivity index (χ4v) is 3.71. The molecule has 5 rings (SSSR count). The fourth-order valence-electron chi connectivity index (χ4n) is 3.54. The summed E-state index contributed by atoms with van der Waals surface area (Å²) in [6.07, 6.45) is 2.42. The number of aromatic nitrogens is 5. The monoisotopic (exact) mass is 405 g/mol. The second-order valence-corrected chi connectivity index (χ2v) is 7.17. The van der Waals surface area contributed by atoms with Crippen LogP contribution < -0.4 is 0 Å². The zero-order chi connectivity index (χ0) is 19.8. The summed E-state index contributed by atoms with van der Waals surface area (Å²) in [5.41, 5.74) is 3.93. The van der Waals surface area contributed by atoms with E-state index in [9.17, 15) is 4.79 Å². The number of ether oxygens (including phenoxy) is 1. The van der Waals surface area contributed by atoms with Gasteiger partial charge in [0.2, 0.25) is 0 Å². The third-order valence-corrected chi connectivity index (χ3v) is 5.18. The molecule has 0 saturated heterocycles. The number of halogens is 1. The fraction of sp³-hybridized carbons (Fsp3) is 0.143. The highest BCUT2D eigenvalue weighted by Crippen LogP contribution is 2.34. The van der Waals surface area contributed by atoms with Gasteiger partial charge in [-0.2, -0.15) is 0 Å². The second kappa shape index (κ2) is 7.27. The van der Waals surface area contributed by atoms with Crippen LogP contribution >= 0.6 is 11.6 Å². The summed E-state index contributed by atoms with van der Waals surface area (Å²) < 4.78 is 9.72. The number of carbonyl (C=O) groups excluding carboxylic acids is 1. The van der Waals surface area contributed by atoms with Crippen molar-refractivity contribution in [3.63, 3.8) is 0 Å². The average molecular weight is 406 g/mol. The van der Waals surface area contributed by atoms with Gasteiger partial charge < -0.3 is 9.30 Å². The minimum Gasteiger partial charge on any atom is -0.369 e. The van der Waals surface area contributed by atoms with E-state index in [-0.39, 0.29) is 0 Å². The van der Waals surface area contributed by atoms with E-state index in [1.807, 2.05) is 51.6 Å². The topological polar surface area (TPSA) is 74.8 Å². The molecule has 0 atom stereocenters. The van der Waals surface area contributed by atoms with Crippen molar-refractivity contribution in [2.75, 3.05) is 0 Å². The Balaban J connectivity index is 1.54. The quantitative estimate of drug-likeness (QED) is 0.417.